The molecule has 0 atom stereocenters. The molecule has 0 saturated carbocycles. The number of cyclic esters (lactones) is 1. The average molecular weight is 610 g/mol. The molecule has 0 saturated heterocycles. The van der Waals surface area contributed by atoms with Crippen LogP contribution in [0.5, 0.6) is 0 Å². The molecule has 0 unspecified atom stereocenters. The van der Waals surface area contributed by atoms with Gasteiger partial charge in [0.05, 0.1) is 24.1 Å². The maximum absolute atomic E-state index is 13.3. The number of methoxy groups -OCH3 is 1. The van der Waals surface area contributed by atoms with Crippen LogP contribution in [-0.4, -0.2) is 31.9 Å². The summed E-state index contributed by atoms with van der Waals surface area (Å²) in [6, 6.07) is 42.6. The van der Waals surface area contributed by atoms with Gasteiger partial charge in [-0.2, -0.15) is 10.0 Å². The van der Waals surface area contributed by atoms with Crippen LogP contribution >= 0.6 is 10.0 Å². The molecule has 5 aromatic rings. The average Bonchev–Trinajstić information content (AvgIpc) is 3.42. The summed E-state index contributed by atoms with van der Waals surface area (Å²) >= 11 is 0. The van der Waals surface area contributed by atoms with E-state index in [1.165, 1.54) is 16.9 Å². The molecular formula is C39H31NO4S. The monoisotopic (exact) mass is 609 g/mol. The molecule has 6 heteroatoms. The fourth-order valence-corrected chi connectivity index (χ4v) is 8.65. The summed E-state index contributed by atoms with van der Waals surface area (Å²) in [7, 11) is 0.303. The van der Waals surface area contributed by atoms with Crippen molar-refractivity contribution in [1.82, 2.24) is 0 Å². The fraction of sp³-hybridized carbons (Fsp3) is 0.0769. The van der Waals surface area contributed by atoms with E-state index < -0.39 is 16.0 Å². The molecule has 0 amide bonds. The highest BCUT2D eigenvalue weighted by atomic mass is 32.3. The lowest BCUT2D eigenvalue weighted by molar-refractivity contribution is -0.131. The van der Waals surface area contributed by atoms with Crippen molar-refractivity contribution in [3.63, 3.8) is 0 Å². The molecule has 0 aliphatic carbocycles. The number of hydrogen-bond acceptors (Lipinski definition) is 5. The predicted octanol–water partition coefficient (Wildman–Crippen LogP) is 9.14. The van der Waals surface area contributed by atoms with E-state index >= 15 is 0 Å². The summed E-state index contributed by atoms with van der Waals surface area (Å²) in [6.07, 6.45) is 5.35. The zero-order valence-electron chi connectivity index (χ0n) is 25.2. The lowest BCUT2D eigenvalue weighted by Crippen LogP contribution is -2.19. The van der Waals surface area contributed by atoms with Gasteiger partial charge in [-0.3, -0.25) is 4.79 Å². The number of ether oxygens (including phenoxy) is 2. The molecule has 5 nitrogen and oxygen atoms in total. The van der Waals surface area contributed by atoms with Crippen LogP contribution in [-0.2, 0) is 19.1 Å². The highest BCUT2D eigenvalue weighted by Crippen LogP contribution is 2.67. The van der Waals surface area contributed by atoms with Crippen LogP contribution in [0.25, 0.3) is 22.6 Å². The third-order valence-electron chi connectivity index (χ3n) is 8.42. The van der Waals surface area contributed by atoms with E-state index in [-0.39, 0.29) is 22.7 Å². The first-order valence-corrected chi connectivity index (χ1v) is 17.1. The third-order valence-corrected chi connectivity index (χ3v) is 11.3. The molecule has 0 radical (unpaired) electrons. The molecule has 222 valence electrons. The number of nitrogens with zero attached hydrogens (tertiary/aromatic N) is 1. The molecule has 45 heavy (non-hydrogen) atoms. The lowest BCUT2D eigenvalue weighted by Gasteiger charge is -2.45. The molecule has 0 aromatic heterocycles. The zero-order chi connectivity index (χ0) is 31.1. The number of carbonyl (C=O) groups excluding carboxylic acids is 2. The van der Waals surface area contributed by atoms with Gasteiger partial charge in [-0.05, 0) is 72.2 Å². The van der Waals surface area contributed by atoms with E-state index in [1.54, 1.807) is 0 Å². The van der Waals surface area contributed by atoms with Gasteiger partial charge < -0.3 is 14.4 Å². The molecule has 2 aliphatic rings. The van der Waals surface area contributed by atoms with E-state index in [0.717, 1.165) is 28.2 Å². The number of benzene rings is 5. The van der Waals surface area contributed by atoms with Crippen LogP contribution in [0.3, 0.4) is 0 Å². The Hall–Kier alpha value is -5.33. The fourth-order valence-electron chi connectivity index (χ4n) is 6.21. The number of rotatable bonds is 6. The van der Waals surface area contributed by atoms with Crippen LogP contribution in [0.15, 0.2) is 148 Å². The first-order valence-electron chi connectivity index (χ1n) is 14.6. The van der Waals surface area contributed by atoms with Gasteiger partial charge in [0.2, 0.25) is 0 Å². The molecule has 7 rings (SSSR count). The summed E-state index contributed by atoms with van der Waals surface area (Å²) < 4.78 is 11.5. The number of anilines is 3. The quantitative estimate of drug-likeness (QED) is 0.0832. The molecule has 5 aromatic carbocycles. The Morgan fingerprint density at radius 1 is 0.689 bits per heavy atom. The van der Waals surface area contributed by atoms with Crippen LogP contribution in [0.2, 0.25) is 0 Å². The zero-order valence-corrected chi connectivity index (χ0v) is 26.0. The van der Waals surface area contributed by atoms with Gasteiger partial charge in [0, 0.05) is 26.6 Å². The highest BCUT2D eigenvalue weighted by molar-refractivity contribution is 8.33. The van der Waals surface area contributed by atoms with E-state index in [2.05, 4.69) is 65.9 Å². The summed E-state index contributed by atoms with van der Waals surface area (Å²) in [5.41, 5.74) is 6.97. The summed E-state index contributed by atoms with van der Waals surface area (Å²) in [5, 5.41) is 0. The van der Waals surface area contributed by atoms with Crippen molar-refractivity contribution in [2.45, 2.75) is 9.79 Å². The second-order valence-electron chi connectivity index (χ2n) is 11.2. The summed E-state index contributed by atoms with van der Waals surface area (Å²) in [6.45, 7) is 0. The number of hydrogen-bond donors (Lipinski definition) is 0. The lowest BCUT2D eigenvalue weighted by atomic mass is 9.98. The van der Waals surface area contributed by atoms with Gasteiger partial charge in [-0.15, -0.1) is 0 Å². The van der Waals surface area contributed by atoms with Crippen molar-refractivity contribution in [2.75, 3.05) is 24.5 Å². The minimum atomic E-state index is -1.20. The number of para-hydroxylation sites is 2. The van der Waals surface area contributed by atoms with Crippen LogP contribution in [0, 0.1) is 0 Å². The minimum absolute atomic E-state index is 0.112. The van der Waals surface area contributed by atoms with Gasteiger partial charge >= 0.3 is 5.97 Å². The molecule has 2 aliphatic heterocycles. The van der Waals surface area contributed by atoms with Crippen molar-refractivity contribution in [2.24, 2.45) is 0 Å². The van der Waals surface area contributed by atoms with Gasteiger partial charge in [0.1, 0.15) is 17.1 Å². The molecule has 0 bridgehead atoms. The Morgan fingerprint density at radius 2 is 1.22 bits per heavy atom. The summed E-state index contributed by atoms with van der Waals surface area (Å²) in [4.78, 5) is 30.7. The van der Waals surface area contributed by atoms with Crippen molar-refractivity contribution in [3.05, 3.63) is 150 Å². The van der Waals surface area contributed by atoms with Crippen molar-refractivity contribution < 1.29 is 19.1 Å². The Bertz CT molecular complexity index is 1960. The maximum atomic E-state index is 13.3. The first-order chi connectivity index (χ1) is 21.9. The Balaban J connectivity index is 1.27. The van der Waals surface area contributed by atoms with Crippen LogP contribution < -0.4 is 4.90 Å². The summed E-state index contributed by atoms with van der Waals surface area (Å²) in [5.74, 6) is -0.110. The van der Waals surface area contributed by atoms with Gasteiger partial charge in [0.15, 0.2) is 6.29 Å². The van der Waals surface area contributed by atoms with Crippen LogP contribution in [0.4, 0.5) is 17.1 Å². The van der Waals surface area contributed by atoms with Gasteiger partial charge in [-0.25, -0.2) is 4.79 Å². The van der Waals surface area contributed by atoms with Crippen molar-refractivity contribution in [3.8, 4) is 11.1 Å². The number of carbonyl (C=O) groups is 2. The Morgan fingerprint density at radius 3 is 1.80 bits per heavy atom. The van der Waals surface area contributed by atoms with E-state index in [0.29, 0.717) is 17.4 Å². The molecule has 2 heterocycles. The molecule has 0 N–H and O–H groups in total. The van der Waals surface area contributed by atoms with Crippen LogP contribution in [0.1, 0.15) is 11.1 Å². The number of aldehydes is 1. The largest absolute Gasteiger partial charge is 0.495 e. The highest BCUT2D eigenvalue weighted by Gasteiger charge is 2.36. The minimum Gasteiger partial charge on any atom is -0.495 e. The Labute approximate surface area is 264 Å². The normalized spacial score (nSPS) is 16.8. The number of fused-ring (bicyclic) bond motifs is 2. The maximum Gasteiger partial charge on any atom is 0.348 e. The Kier molecular flexibility index (Phi) is 7.15. The van der Waals surface area contributed by atoms with Gasteiger partial charge in [-0.1, -0.05) is 78.9 Å². The molecular weight excluding hydrogens is 578 g/mol. The topological polar surface area (TPSA) is 55.8 Å². The van der Waals surface area contributed by atoms with Crippen molar-refractivity contribution in [1.29, 1.82) is 0 Å². The molecule has 0 fully saturated rings. The van der Waals surface area contributed by atoms with E-state index in [9.17, 15) is 9.59 Å². The second-order valence-corrected chi connectivity index (χ2v) is 14.8. The van der Waals surface area contributed by atoms with Gasteiger partial charge in [0.25, 0.3) is 0 Å². The standard InChI is InChI=1S/C39H31NO4S/c1-43-38(36-31(25-41)37(44-39(36)42)28-19-17-27(18-20-28)26-11-5-4-6-12-26)29-21-23-30(24-22-29)40-32-13-7-9-15-34(32)45(2,3)35-16-10-8-14-33(35)40/h4-25H,1-3H3/b38-36+. The SMILES string of the molecule is CO/C(=C1/C(=O)OC(c2ccc(-c3ccccc3)cc2)=C1C=O)c1ccc(N2c3ccccc3S(C)(C)c3ccccc32)cc1. The van der Waals surface area contributed by atoms with E-state index in [1.807, 2.05) is 78.9 Å². The number of esters is 1. The third kappa shape index (κ3) is 4.75. The van der Waals surface area contributed by atoms with E-state index in [4.69, 9.17) is 9.47 Å². The second kappa shape index (κ2) is 11.3. The predicted molar refractivity (Wildman–Crippen MR) is 182 cm³/mol. The smallest absolute Gasteiger partial charge is 0.348 e. The molecule has 0 spiro atoms. The van der Waals surface area contributed by atoms with Crippen molar-refractivity contribution >= 4 is 50.9 Å². The first kappa shape index (κ1) is 28.4.